The zero-order valence-corrected chi connectivity index (χ0v) is 15.0. The number of hydrogen-bond acceptors (Lipinski definition) is 4. The second-order valence-electron chi connectivity index (χ2n) is 6.80. The second kappa shape index (κ2) is 7.40. The lowest BCUT2D eigenvalue weighted by atomic mass is 9.98. The summed E-state index contributed by atoms with van der Waals surface area (Å²) in [6, 6.07) is 10.3. The molecular weight excluding hydrogens is 346 g/mol. The van der Waals surface area contributed by atoms with E-state index in [1.807, 2.05) is 6.07 Å². The molecule has 0 fully saturated rings. The average Bonchev–Trinajstić information content (AvgIpc) is 2.69. The van der Waals surface area contributed by atoms with Gasteiger partial charge in [0.1, 0.15) is 0 Å². The van der Waals surface area contributed by atoms with Gasteiger partial charge in [-0.3, -0.25) is 0 Å². The molecule has 0 bridgehead atoms. The third-order valence-electron chi connectivity index (χ3n) is 4.92. The molecule has 3 aromatic rings. The van der Waals surface area contributed by atoms with Crippen LogP contribution in [0.25, 0.3) is 16.5 Å². The number of halogens is 2. The van der Waals surface area contributed by atoms with Gasteiger partial charge in [0.15, 0.2) is 11.6 Å². The maximum atomic E-state index is 13.9. The van der Waals surface area contributed by atoms with E-state index in [4.69, 9.17) is 0 Å². The second-order valence-corrected chi connectivity index (χ2v) is 6.80. The molecular formula is C21H20F2N4. The van der Waals surface area contributed by atoms with Crippen LogP contribution in [0.15, 0.2) is 48.7 Å². The van der Waals surface area contributed by atoms with Crippen LogP contribution in [0.1, 0.15) is 17.5 Å². The van der Waals surface area contributed by atoms with E-state index in [-0.39, 0.29) is 12.1 Å². The fourth-order valence-electron chi connectivity index (χ4n) is 3.31. The summed E-state index contributed by atoms with van der Waals surface area (Å²) in [6.45, 7) is 2.14. The molecule has 4 nitrogen and oxygen atoms in total. The van der Waals surface area contributed by atoms with Gasteiger partial charge in [0.05, 0.1) is 17.4 Å². The molecule has 1 aliphatic heterocycles. The fourth-order valence-corrected chi connectivity index (χ4v) is 3.31. The zero-order chi connectivity index (χ0) is 18.8. The van der Waals surface area contributed by atoms with Gasteiger partial charge in [0.2, 0.25) is 0 Å². The molecule has 0 spiro atoms. The van der Waals surface area contributed by atoms with Crippen molar-refractivity contribution in [2.45, 2.75) is 13.0 Å². The standard InChI is InChI=1S/C21H20F2N4/c1-27-9-7-14(8-10-27)15-5-6-19-17(11-15)20(13-25-26-19)24-12-16-3-2-4-18(22)21(16)23/h2-7,11,13H,8-10,12H2,1H3,(H,24,26). The summed E-state index contributed by atoms with van der Waals surface area (Å²) < 4.78 is 27.3. The summed E-state index contributed by atoms with van der Waals surface area (Å²) in [5.41, 5.74) is 4.25. The predicted octanol–water partition coefficient (Wildman–Crippen LogP) is 4.24. The summed E-state index contributed by atoms with van der Waals surface area (Å²) in [6.07, 6.45) is 4.86. The van der Waals surface area contributed by atoms with Gasteiger partial charge in [0.25, 0.3) is 0 Å². The summed E-state index contributed by atoms with van der Waals surface area (Å²) >= 11 is 0. The number of fused-ring (bicyclic) bond motifs is 1. The number of benzene rings is 2. The topological polar surface area (TPSA) is 41.1 Å². The van der Waals surface area contributed by atoms with Crippen LogP contribution in [0.3, 0.4) is 0 Å². The van der Waals surface area contributed by atoms with E-state index in [0.717, 1.165) is 47.7 Å². The Morgan fingerprint density at radius 1 is 1.19 bits per heavy atom. The van der Waals surface area contributed by atoms with Gasteiger partial charge in [0, 0.05) is 30.6 Å². The normalized spacial score (nSPS) is 15.0. The Morgan fingerprint density at radius 2 is 2.07 bits per heavy atom. The maximum Gasteiger partial charge on any atom is 0.163 e. The lowest BCUT2D eigenvalue weighted by molar-refractivity contribution is 0.370. The Kier molecular flexibility index (Phi) is 4.81. The van der Waals surface area contributed by atoms with E-state index in [1.54, 1.807) is 12.3 Å². The minimum absolute atomic E-state index is 0.169. The molecule has 1 aliphatic rings. The van der Waals surface area contributed by atoms with Gasteiger partial charge in [-0.2, -0.15) is 10.2 Å². The third kappa shape index (κ3) is 3.66. The van der Waals surface area contributed by atoms with Crippen LogP contribution in [-0.4, -0.2) is 35.2 Å². The highest BCUT2D eigenvalue weighted by molar-refractivity contribution is 5.92. The molecule has 0 unspecified atom stereocenters. The van der Waals surface area contributed by atoms with Crippen LogP contribution in [0.4, 0.5) is 14.5 Å². The van der Waals surface area contributed by atoms with Gasteiger partial charge in [-0.05, 0) is 42.8 Å². The van der Waals surface area contributed by atoms with Crippen LogP contribution < -0.4 is 5.32 Å². The lowest BCUT2D eigenvalue weighted by Crippen LogP contribution is -2.23. The van der Waals surface area contributed by atoms with Crippen LogP contribution in [0, 0.1) is 11.6 Å². The number of hydrogen-bond donors (Lipinski definition) is 1. The monoisotopic (exact) mass is 366 g/mol. The summed E-state index contributed by atoms with van der Waals surface area (Å²) in [7, 11) is 2.11. The molecule has 0 radical (unpaired) electrons. The molecule has 0 amide bonds. The van der Waals surface area contributed by atoms with Crippen LogP contribution in [0.2, 0.25) is 0 Å². The Hall–Kier alpha value is -2.86. The summed E-state index contributed by atoms with van der Waals surface area (Å²) in [5.74, 6) is -1.67. The summed E-state index contributed by atoms with van der Waals surface area (Å²) in [5, 5.41) is 12.3. The van der Waals surface area contributed by atoms with Crippen molar-refractivity contribution < 1.29 is 8.78 Å². The molecule has 0 saturated carbocycles. The fraction of sp³-hybridized carbons (Fsp3) is 0.238. The Labute approximate surface area is 156 Å². The molecule has 4 rings (SSSR count). The van der Waals surface area contributed by atoms with E-state index in [9.17, 15) is 8.78 Å². The molecule has 6 heteroatoms. The first-order valence-electron chi connectivity index (χ1n) is 8.92. The van der Waals surface area contributed by atoms with Crippen molar-refractivity contribution in [1.29, 1.82) is 0 Å². The number of likely N-dealkylation sites (N-methyl/N-ethyl adjacent to an activating group) is 1. The molecule has 1 aromatic heterocycles. The van der Waals surface area contributed by atoms with Crippen molar-refractivity contribution in [2.75, 3.05) is 25.5 Å². The minimum Gasteiger partial charge on any atom is -0.379 e. The van der Waals surface area contributed by atoms with Crippen molar-refractivity contribution in [3.05, 3.63) is 71.4 Å². The van der Waals surface area contributed by atoms with E-state index >= 15 is 0 Å². The third-order valence-corrected chi connectivity index (χ3v) is 4.92. The van der Waals surface area contributed by atoms with Gasteiger partial charge in [-0.25, -0.2) is 8.78 Å². The molecule has 2 heterocycles. The van der Waals surface area contributed by atoms with Crippen molar-refractivity contribution in [1.82, 2.24) is 15.1 Å². The van der Waals surface area contributed by atoms with Crippen molar-refractivity contribution in [3.8, 4) is 0 Å². The van der Waals surface area contributed by atoms with E-state index < -0.39 is 11.6 Å². The molecule has 138 valence electrons. The van der Waals surface area contributed by atoms with Crippen molar-refractivity contribution in [2.24, 2.45) is 0 Å². The molecule has 0 saturated heterocycles. The number of rotatable bonds is 4. The molecule has 2 aromatic carbocycles. The molecule has 0 atom stereocenters. The van der Waals surface area contributed by atoms with Gasteiger partial charge in [-0.15, -0.1) is 0 Å². The smallest absolute Gasteiger partial charge is 0.163 e. The Bertz CT molecular complexity index is 1020. The largest absolute Gasteiger partial charge is 0.379 e. The van der Waals surface area contributed by atoms with E-state index in [2.05, 4.69) is 45.7 Å². The quantitative estimate of drug-likeness (QED) is 0.750. The number of nitrogens with one attached hydrogen (secondary N) is 1. The van der Waals surface area contributed by atoms with E-state index in [0.29, 0.717) is 0 Å². The zero-order valence-electron chi connectivity index (χ0n) is 15.0. The van der Waals surface area contributed by atoms with Gasteiger partial charge in [-0.1, -0.05) is 24.3 Å². The number of aromatic nitrogens is 2. The van der Waals surface area contributed by atoms with Crippen molar-refractivity contribution in [3.63, 3.8) is 0 Å². The SMILES string of the molecule is CN1CC=C(c2ccc3nncc(NCc4cccc(F)c4F)c3c2)CC1. The van der Waals surface area contributed by atoms with Gasteiger partial charge >= 0.3 is 0 Å². The number of nitrogens with zero attached hydrogens (tertiary/aromatic N) is 3. The Morgan fingerprint density at radius 3 is 2.89 bits per heavy atom. The van der Waals surface area contributed by atoms with Crippen LogP contribution in [0.5, 0.6) is 0 Å². The minimum atomic E-state index is -0.844. The highest BCUT2D eigenvalue weighted by Crippen LogP contribution is 2.28. The lowest BCUT2D eigenvalue weighted by Gasteiger charge is -2.22. The van der Waals surface area contributed by atoms with Crippen molar-refractivity contribution >= 4 is 22.2 Å². The average molecular weight is 366 g/mol. The highest BCUT2D eigenvalue weighted by Gasteiger charge is 2.12. The first-order chi connectivity index (χ1) is 13.1. The highest BCUT2D eigenvalue weighted by atomic mass is 19.2. The van der Waals surface area contributed by atoms with Crippen LogP contribution >= 0.6 is 0 Å². The first kappa shape index (κ1) is 17.5. The predicted molar refractivity (Wildman–Crippen MR) is 103 cm³/mol. The van der Waals surface area contributed by atoms with Crippen LogP contribution in [-0.2, 0) is 6.54 Å². The molecule has 0 aliphatic carbocycles. The Balaban J connectivity index is 1.64. The van der Waals surface area contributed by atoms with Gasteiger partial charge < -0.3 is 10.2 Å². The summed E-state index contributed by atoms with van der Waals surface area (Å²) in [4.78, 5) is 2.27. The maximum absolute atomic E-state index is 13.9. The van der Waals surface area contributed by atoms with E-state index in [1.165, 1.54) is 11.6 Å². The molecule has 27 heavy (non-hydrogen) atoms. The first-order valence-corrected chi connectivity index (χ1v) is 8.92. The number of anilines is 1. The molecule has 1 N–H and O–H groups in total.